The second-order valence-corrected chi connectivity index (χ2v) is 6.96. The number of rotatable bonds is 13. The molecule has 0 aromatic heterocycles. The first-order valence-electron chi connectivity index (χ1n) is 9.96. The summed E-state index contributed by atoms with van der Waals surface area (Å²) in [7, 11) is 1.39. The van der Waals surface area contributed by atoms with E-state index in [9.17, 15) is 15.0 Å². The van der Waals surface area contributed by atoms with Crippen LogP contribution in [0.4, 0.5) is 0 Å². The summed E-state index contributed by atoms with van der Waals surface area (Å²) >= 11 is 0. The minimum absolute atomic E-state index is 0.197. The highest BCUT2D eigenvalue weighted by molar-refractivity contribution is 5.69. The molecule has 1 fully saturated rings. The van der Waals surface area contributed by atoms with Crippen LogP contribution in [0.1, 0.15) is 71.1 Å². The molecule has 0 spiro atoms. The van der Waals surface area contributed by atoms with Crippen LogP contribution in [0.25, 0.3) is 0 Å². The van der Waals surface area contributed by atoms with Gasteiger partial charge in [-0.3, -0.25) is 4.79 Å². The largest absolute Gasteiger partial charge is 0.469 e. The van der Waals surface area contributed by atoms with Crippen molar-refractivity contribution in [2.24, 2.45) is 0 Å². The monoisotopic (exact) mass is 368 g/mol. The molecule has 5 heteroatoms. The molecule has 150 valence electrons. The molecule has 0 aromatic rings. The molecular weight excluding hydrogens is 332 g/mol. The van der Waals surface area contributed by atoms with Crippen LogP contribution in [-0.4, -0.2) is 47.7 Å². The molecule has 4 atom stereocenters. The predicted octanol–water partition coefficient (Wildman–Crippen LogP) is 3.68. The molecule has 0 aromatic carbocycles. The summed E-state index contributed by atoms with van der Waals surface area (Å²) in [5.74, 6) is -0.197. The Morgan fingerprint density at radius 3 is 2.65 bits per heavy atom. The number of carbonyl (C=O) groups is 1. The Morgan fingerprint density at radius 2 is 1.92 bits per heavy atom. The zero-order valence-electron chi connectivity index (χ0n) is 16.3. The summed E-state index contributed by atoms with van der Waals surface area (Å²) in [6.07, 6.45) is 14.8. The molecule has 26 heavy (non-hydrogen) atoms. The summed E-state index contributed by atoms with van der Waals surface area (Å²) in [5.41, 5.74) is 0. The number of hydrogen-bond donors (Lipinski definition) is 2. The molecule has 1 aliphatic heterocycles. The molecule has 1 saturated heterocycles. The Labute approximate surface area is 158 Å². The van der Waals surface area contributed by atoms with Gasteiger partial charge in [-0.1, -0.05) is 44.1 Å². The third kappa shape index (κ3) is 9.51. The average molecular weight is 369 g/mol. The van der Waals surface area contributed by atoms with Crippen LogP contribution < -0.4 is 0 Å². The molecule has 0 bridgehead atoms. The number of unbranched alkanes of at least 4 members (excludes halogenated alkanes) is 4. The van der Waals surface area contributed by atoms with Gasteiger partial charge in [-0.15, -0.1) is 0 Å². The van der Waals surface area contributed by atoms with Crippen LogP contribution in [0.5, 0.6) is 0 Å². The smallest absolute Gasteiger partial charge is 0.305 e. The van der Waals surface area contributed by atoms with Gasteiger partial charge >= 0.3 is 5.97 Å². The fourth-order valence-electron chi connectivity index (χ4n) is 3.05. The van der Waals surface area contributed by atoms with E-state index < -0.39 is 12.2 Å². The third-order valence-electron chi connectivity index (χ3n) is 4.71. The molecule has 0 amide bonds. The lowest BCUT2D eigenvalue weighted by Crippen LogP contribution is -2.25. The minimum Gasteiger partial charge on any atom is -0.469 e. The standard InChI is InChI=1S/C21H36O5/c1-3-4-5-6-7-11-14-19-18(23)16-20(26-19)17(22)13-10-8-9-12-15-21(24)25-2/h7-8,10-11,17-20,22-23H,3-6,9,12-16H2,1-2H3/b10-8-,11-7-/t17?,18?,19-,20-/m1/s1. The summed E-state index contributed by atoms with van der Waals surface area (Å²) in [6, 6.07) is 0. The molecule has 0 radical (unpaired) electrons. The summed E-state index contributed by atoms with van der Waals surface area (Å²) < 4.78 is 10.4. The highest BCUT2D eigenvalue weighted by Gasteiger charge is 2.36. The number of allylic oxidation sites excluding steroid dienone is 2. The molecular formula is C21H36O5. The maximum absolute atomic E-state index is 11.0. The Hall–Kier alpha value is -1.17. The van der Waals surface area contributed by atoms with Gasteiger partial charge in [-0.05, 0) is 38.5 Å². The third-order valence-corrected chi connectivity index (χ3v) is 4.71. The molecule has 1 heterocycles. The quantitative estimate of drug-likeness (QED) is 0.295. The Bertz CT molecular complexity index is 432. The lowest BCUT2D eigenvalue weighted by atomic mass is 10.0. The average Bonchev–Trinajstić information content (AvgIpc) is 3.01. The fourth-order valence-corrected chi connectivity index (χ4v) is 3.05. The van der Waals surface area contributed by atoms with Gasteiger partial charge in [-0.25, -0.2) is 0 Å². The summed E-state index contributed by atoms with van der Waals surface area (Å²) in [6.45, 7) is 2.19. The van der Waals surface area contributed by atoms with E-state index in [2.05, 4.69) is 23.8 Å². The Morgan fingerprint density at radius 1 is 1.19 bits per heavy atom. The van der Waals surface area contributed by atoms with Gasteiger partial charge in [0.2, 0.25) is 0 Å². The van der Waals surface area contributed by atoms with Crippen LogP contribution in [0, 0.1) is 0 Å². The first-order valence-corrected chi connectivity index (χ1v) is 9.96. The number of aliphatic hydroxyl groups is 2. The van der Waals surface area contributed by atoms with Crippen molar-refractivity contribution in [2.75, 3.05) is 7.11 Å². The lowest BCUT2D eigenvalue weighted by molar-refractivity contribution is -0.140. The number of aliphatic hydroxyl groups excluding tert-OH is 2. The number of methoxy groups -OCH3 is 1. The van der Waals surface area contributed by atoms with Crippen molar-refractivity contribution in [1.82, 2.24) is 0 Å². The molecule has 1 rings (SSSR count). The highest BCUT2D eigenvalue weighted by atomic mass is 16.5. The van der Waals surface area contributed by atoms with Crippen molar-refractivity contribution in [3.63, 3.8) is 0 Å². The van der Waals surface area contributed by atoms with Crippen molar-refractivity contribution >= 4 is 5.97 Å². The number of hydrogen-bond acceptors (Lipinski definition) is 5. The van der Waals surface area contributed by atoms with Gasteiger partial charge in [0.15, 0.2) is 0 Å². The van der Waals surface area contributed by atoms with E-state index in [0.717, 1.165) is 19.3 Å². The number of esters is 1. The molecule has 1 aliphatic rings. The Balaban J connectivity index is 2.20. The van der Waals surface area contributed by atoms with E-state index in [-0.39, 0.29) is 18.2 Å². The Kier molecular flexibility index (Phi) is 12.3. The number of ether oxygens (including phenoxy) is 2. The minimum atomic E-state index is -0.611. The van der Waals surface area contributed by atoms with Crippen molar-refractivity contribution in [3.8, 4) is 0 Å². The van der Waals surface area contributed by atoms with E-state index in [1.807, 2.05) is 12.2 Å². The molecule has 0 aliphatic carbocycles. The topological polar surface area (TPSA) is 76.0 Å². The fraction of sp³-hybridized carbons (Fsp3) is 0.762. The molecule has 2 unspecified atom stereocenters. The number of carbonyl (C=O) groups excluding carboxylic acids is 1. The van der Waals surface area contributed by atoms with E-state index in [1.54, 1.807) is 0 Å². The zero-order valence-corrected chi connectivity index (χ0v) is 16.3. The maximum Gasteiger partial charge on any atom is 0.305 e. The van der Waals surface area contributed by atoms with E-state index >= 15 is 0 Å². The van der Waals surface area contributed by atoms with Gasteiger partial charge in [0.25, 0.3) is 0 Å². The van der Waals surface area contributed by atoms with Crippen molar-refractivity contribution in [1.29, 1.82) is 0 Å². The normalized spacial score (nSPS) is 24.5. The van der Waals surface area contributed by atoms with Crippen LogP contribution in [0.15, 0.2) is 24.3 Å². The van der Waals surface area contributed by atoms with Crippen molar-refractivity contribution in [3.05, 3.63) is 24.3 Å². The second-order valence-electron chi connectivity index (χ2n) is 6.96. The molecule has 5 nitrogen and oxygen atoms in total. The van der Waals surface area contributed by atoms with E-state index in [1.165, 1.54) is 26.4 Å². The van der Waals surface area contributed by atoms with E-state index in [4.69, 9.17) is 4.74 Å². The van der Waals surface area contributed by atoms with Crippen LogP contribution in [0.2, 0.25) is 0 Å². The predicted molar refractivity (Wildman–Crippen MR) is 103 cm³/mol. The highest BCUT2D eigenvalue weighted by Crippen LogP contribution is 2.26. The SMILES string of the molecule is CCCCC/C=C\C[C@H]1O[C@@H](C(O)C/C=C\CCCC(=O)OC)CC1O. The first kappa shape index (κ1) is 22.9. The van der Waals surface area contributed by atoms with Crippen LogP contribution >= 0.6 is 0 Å². The summed E-state index contributed by atoms with van der Waals surface area (Å²) in [4.78, 5) is 11.0. The van der Waals surface area contributed by atoms with Crippen molar-refractivity contribution < 1.29 is 24.5 Å². The van der Waals surface area contributed by atoms with Gasteiger partial charge in [-0.2, -0.15) is 0 Å². The maximum atomic E-state index is 11.0. The summed E-state index contributed by atoms with van der Waals surface area (Å²) in [5, 5.41) is 20.4. The van der Waals surface area contributed by atoms with Gasteiger partial charge in [0, 0.05) is 12.8 Å². The zero-order chi connectivity index (χ0) is 19.2. The second kappa shape index (κ2) is 14.0. The van der Waals surface area contributed by atoms with Gasteiger partial charge in [0.05, 0.1) is 31.5 Å². The van der Waals surface area contributed by atoms with Gasteiger partial charge < -0.3 is 19.7 Å². The first-order chi connectivity index (χ1) is 12.6. The van der Waals surface area contributed by atoms with E-state index in [0.29, 0.717) is 25.7 Å². The molecule has 0 saturated carbocycles. The van der Waals surface area contributed by atoms with Crippen molar-refractivity contribution in [2.45, 2.75) is 95.5 Å². The lowest BCUT2D eigenvalue weighted by Gasteiger charge is -2.17. The van der Waals surface area contributed by atoms with Gasteiger partial charge in [0.1, 0.15) is 0 Å². The van der Waals surface area contributed by atoms with Crippen LogP contribution in [0.3, 0.4) is 0 Å². The molecule has 2 N–H and O–H groups in total. The van der Waals surface area contributed by atoms with Crippen LogP contribution in [-0.2, 0) is 14.3 Å².